The first kappa shape index (κ1) is 16.0. The highest BCUT2D eigenvalue weighted by atomic mass is 32.1. The Bertz CT molecular complexity index is 583. The van der Waals surface area contributed by atoms with Crippen molar-refractivity contribution in [2.24, 2.45) is 0 Å². The number of nitrogens with zero attached hydrogens (tertiary/aromatic N) is 3. The van der Waals surface area contributed by atoms with E-state index in [0.717, 1.165) is 47.4 Å². The van der Waals surface area contributed by atoms with Crippen molar-refractivity contribution in [1.82, 2.24) is 20.3 Å². The van der Waals surface area contributed by atoms with Crippen LogP contribution in [0.25, 0.3) is 0 Å². The summed E-state index contributed by atoms with van der Waals surface area (Å²) in [5.41, 5.74) is 4.53. The molecule has 0 saturated heterocycles. The molecule has 2 aromatic rings. The third kappa shape index (κ3) is 4.08. The van der Waals surface area contributed by atoms with Crippen LogP contribution in [0.2, 0.25) is 0 Å². The number of nitrogens with one attached hydrogen (secondary N) is 1. The first-order valence-corrected chi connectivity index (χ1v) is 8.35. The second kappa shape index (κ2) is 7.09. The van der Waals surface area contributed by atoms with Gasteiger partial charge in [0.15, 0.2) is 0 Å². The fraction of sp³-hybridized carbons (Fsp3) is 0.562. The van der Waals surface area contributed by atoms with Crippen LogP contribution < -0.4 is 5.32 Å². The van der Waals surface area contributed by atoms with Gasteiger partial charge in [0.2, 0.25) is 0 Å². The Labute approximate surface area is 131 Å². The van der Waals surface area contributed by atoms with E-state index in [1.54, 1.807) is 11.3 Å². The number of aryl methyl sites for hydroxylation is 3. The second-order valence-corrected chi connectivity index (χ2v) is 6.44. The zero-order chi connectivity index (χ0) is 15.4. The van der Waals surface area contributed by atoms with Gasteiger partial charge in [-0.15, -0.1) is 11.3 Å². The van der Waals surface area contributed by atoms with Gasteiger partial charge in [-0.05, 0) is 38.8 Å². The molecule has 114 valence electrons. The Morgan fingerprint density at radius 3 is 2.33 bits per heavy atom. The predicted octanol–water partition coefficient (Wildman–Crippen LogP) is 3.16. The Hall–Kier alpha value is -1.33. The maximum atomic E-state index is 4.70. The Morgan fingerprint density at radius 1 is 1.14 bits per heavy atom. The molecule has 5 heteroatoms. The van der Waals surface area contributed by atoms with Crippen molar-refractivity contribution in [2.45, 2.75) is 47.0 Å². The van der Waals surface area contributed by atoms with Crippen LogP contribution in [-0.2, 0) is 6.42 Å². The molecule has 0 aliphatic carbocycles. The Balaban J connectivity index is 2.20. The molecule has 0 aromatic carbocycles. The van der Waals surface area contributed by atoms with E-state index >= 15 is 0 Å². The molecule has 21 heavy (non-hydrogen) atoms. The van der Waals surface area contributed by atoms with Crippen LogP contribution in [0.15, 0.2) is 5.38 Å². The molecule has 2 heterocycles. The van der Waals surface area contributed by atoms with Gasteiger partial charge in [0.05, 0.1) is 6.42 Å². The number of hydrogen-bond donors (Lipinski definition) is 1. The van der Waals surface area contributed by atoms with Crippen molar-refractivity contribution in [3.05, 3.63) is 38.9 Å². The van der Waals surface area contributed by atoms with Gasteiger partial charge in [0.1, 0.15) is 10.8 Å². The van der Waals surface area contributed by atoms with Crippen molar-refractivity contribution >= 4 is 11.3 Å². The molecule has 0 aliphatic rings. The summed E-state index contributed by atoms with van der Waals surface area (Å²) in [5.74, 6) is 1.31. The molecule has 0 bridgehead atoms. The molecule has 4 nitrogen and oxygen atoms in total. The maximum absolute atomic E-state index is 4.70. The standard InChI is InChI=1S/C16H24N4S/c1-6-17-8-10(2)16-12(4)19-14(20-13(16)5)7-15-18-11(3)9-21-15/h9-10,17H,6-8H2,1-5H3. The van der Waals surface area contributed by atoms with Crippen LogP contribution in [-0.4, -0.2) is 28.0 Å². The van der Waals surface area contributed by atoms with Crippen molar-refractivity contribution in [3.8, 4) is 0 Å². The van der Waals surface area contributed by atoms with E-state index in [9.17, 15) is 0 Å². The normalized spacial score (nSPS) is 12.6. The lowest BCUT2D eigenvalue weighted by Gasteiger charge is -2.17. The third-order valence-corrected chi connectivity index (χ3v) is 4.51. The summed E-state index contributed by atoms with van der Waals surface area (Å²) >= 11 is 1.68. The largest absolute Gasteiger partial charge is 0.316 e. The van der Waals surface area contributed by atoms with Crippen molar-refractivity contribution < 1.29 is 0 Å². The molecular weight excluding hydrogens is 280 g/mol. The van der Waals surface area contributed by atoms with Gasteiger partial charge >= 0.3 is 0 Å². The Kier molecular flexibility index (Phi) is 5.42. The van der Waals surface area contributed by atoms with Gasteiger partial charge < -0.3 is 5.32 Å². The zero-order valence-electron chi connectivity index (χ0n) is 13.5. The van der Waals surface area contributed by atoms with Crippen LogP contribution in [0.1, 0.15) is 53.2 Å². The van der Waals surface area contributed by atoms with E-state index in [1.165, 1.54) is 5.56 Å². The van der Waals surface area contributed by atoms with Gasteiger partial charge in [-0.1, -0.05) is 13.8 Å². The molecule has 0 amide bonds. The molecule has 1 atom stereocenters. The monoisotopic (exact) mass is 304 g/mol. The van der Waals surface area contributed by atoms with Gasteiger partial charge in [0.25, 0.3) is 0 Å². The number of hydrogen-bond acceptors (Lipinski definition) is 5. The van der Waals surface area contributed by atoms with E-state index < -0.39 is 0 Å². The van der Waals surface area contributed by atoms with Crippen LogP contribution in [0.3, 0.4) is 0 Å². The molecule has 1 unspecified atom stereocenters. The minimum atomic E-state index is 0.432. The quantitative estimate of drug-likeness (QED) is 0.890. The van der Waals surface area contributed by atoms with Crippen molar-refractivity contribution in [2.75, 3.05) is 13.1 Å². The SMILES string of the molecule is CCNCC(C)c1c(C)nc(Cc2nc(C)cs2)nc1C. The summed E-state index contributed by atoms with van der Waals surface area (Å²) in [6.07, 6.45) is 0.724. The van der Waals surface area contributed by atoms with Crippen LogP contribution >= 0.6 is 11.3 Å². The summed E-state index contributed by atoms with van der Waals surface area (Å²) in [5, 5.41) is 6.55. The maximum Gasteiger partial charge on any atom is 0.135 e. The van der Waals surface area contributed by atoms with Gasteiger partial charge in [0, 0.05) is 29.0 Å². The molecular formula is C16H24N4S. The first-order chi connectivity index (χ1) is 10.0. The highest BCUT2D eigenvalue weighted by Gasteiger charge is 2.15. The topological polar surface area (TPSA) is 50.7 Å². The Morgan fingerprint density at radius 2 is 1.81 bits per heavy atom. The minimum absolute atomic E-state index is 0.432. The molecule has 0 fully saturated rings. The van der Waals surface area contributed by atoms with E-state index in [0.29, 0.717) is 5.92 Å². The van der Waals surface area contributed by atoms with Crippen LogP contribution in [0.5, 0.6) is 0 Å². The molecule has 2 rings (SSSR count). The van der Waals surface area contributed by atoms with Crippen molar-refractivity contribution in [1.29, 1.82) is 0 Å². The molecule has 1 N–H and O–H groups in total. The van der Waals surface area contributed by atoms with Gasteiger partial charge in [-0.3, -0.25) is 0 Å². The van der Waals surface area contributed by atoms with E-state index in [1.807, 2.05) is 6.92 Å². The molecule has 2 aromatic heterocycles. The molecule has 0 spiro atoms. The lowest BCUT2D eigenvalue weighted by Crippen LogP contribution is -2.21. The fourth-order valence-corrected chi connectivity index (χ4v) is 3.44. The van der Waals surface area contributed by atoms with Gasteiger partial charge in [-0.25, -0.2) is 15.0 Å². The summed E-state index contributed by atoms with van der Waals surface area (Å²) in [7, 11) is 0. The smallest absolute Gasteiger partial charge is 0.135 e. The van der Waals surface area contributed by atoms with E-state index in [2.05, 4.69) is 43.4 Å². The second-order valence-electron chi connectivity index (χ2n) is 5.49. The number of rotatable bonds is 6. The minimum Gasteiger partial charge on any atom is -0.316 e. The first-order valence-electron chi connectivity index (χ1n) is 7.47. The molecule has 0 saturated carbocycles. The zero-order valence-corrected chi connectivity index (χ0v) is 14.3. The number of aromatic nitrogens is 3. The van der Waals surface area contributed by atoms with E-state index in [-0.39, 0.29) is 0 Å². The molecule has 0 aliphatic heterocycles. The average Bonchev–Trinajstić information content (AvgIpc) is 2.81. The number of likely N-dealkylation sites (N-methyl/N-ethyl adjacent to an activating group) is 1. The van der Waals surface area contributed by atoms with Crippen LogP contribution in [0, 0.1) is 20.8 Å². The average molecular weight is 304 g/mol. The fourth-order valence-electron chi connectivity index (χ4n) is 2.67. The summed E-state index contributed by atoms with van der Waals surface area (Å²) in [4.78, 5) is 13.9. The van der Waals surface area contributed by atoms with Crippen molar-refractivity contribution in [3.63, 3.8) is 0 Å². The third-order valence-electron chi connectivity index (χ3n) is 3.54. The lowest BCUT2D eigenvalue weighted by atomic mass is 9.98. The van der Waals surface area contributed by atoms with E-state index in [4.69, 9.17) is 9.97 Å². The van der Waals surface area contributed by atoms with Crippen LogP contribution in [0.4, 0.5) is 0 Å². The lowest BCUT2D eigenvalue weighted by molar-refractivity contribution is 0.622. The van der Waals surface area contributed by atoms with Gasteiger partial charge in [-0.2, -0.15) is 0 Å². The predicted molar refractivity (Wildman–Crippen MR) is 88.1 cm³/mol. The summed E-state index contributed by atoms with van der Waals surface area (Å²) in [6, 6.07) is 0. The summed E-state index contributed by atoms with van der Waals surface area (Å²) < 4.78 is 0. The summed E-state index contributed by atoms with van der Waals surface area (Å²) in [6.45, 7) is 12.5. The number of thiazole rings is 1. The highest BCUT2D eigenvalue weighted by molar-refractivity contribution is 7.09. The molecule has 0 radical (unpaired) electrons. The highest BCUT2D eigenvalue weighted by Crippen LogP contribution is 2.22.